The molecule has 0 aromatic heterocycles. The molecule has 0 aromatic rings. The van der Waals surface area contributed by atoms with Crippen LogP contribution in [-0.4, -0.2) is 81.2 Å². The lowest BCUT2D eigenvalue weighted by Crippen LogP contribution is -2.58. The number of rotatable bonds is 27. The molecule has 0 aliphatic carbocycles. The van der Waals surface area contributed by atoms with Crippen molar-refractivity contribution in [3.63, 3.8) is 0 Å². The van der Waals surface area contributed by atoms with Crippen molar-refractivity contribution in [2.75, 3.05) is 0 Å². The van der Waals surface area contributed by atoms with Gasteiger partial charge in [-0.25, -0.2) is 4.79 Å². The van der Waals surface area contributed by atoms with Gasteiger partial charge in [0, 0.05) is 6.42 Å². The lowest BCUT2D eigenvalue weighted by atomic mass is 9.91. The van der Waals surface area contributed by atoms with E-state index in [4.69, 9.17) is 0 Å². The maximum atomic E-state index is 13.6. The predicted octanol–water partition coefficient (Wildman–Crippen LogP) is 4.40. The Labute approximate surface area is 299 Å². The molecule has 13 nitrogen and oxygen atoms in total. The van der Waals surface area contributed by atoms with Gasteiger partial charge in [0.05, 0.1) is 12.5 Å². The molecule has 0 bridgehead atoms. The van der Waals surface area contributed by atoms with E-state index in [1.165, 1.54) is 0 Å². The molecule has 7 N–H and O–H groups in total. The van der Waals surface area contributed by atoms with Crippen LogP contribution in [-0.2, 0) is 28.8 Å². The highest BCUT2D eigenvalue weighted by atomic mass is 16.4. The number of amides is 4. The second-order valence-electron chi connectivity index (χ2n) is 15.5. The lowest BCUT2D eigenvalue weighted by Gasteiger charge is -2.27. The summed E-state index contributed by atoms with van der Waals surface area (Å²) < 4.78 is 0. The summed E-state index contributed by atoms with van der Waals surface area (Å²) in [5.41, 5.74) is 0. The minimum atomic E-state index is -1.28. The molecule has 0 aliphatic rings. The quantitative estimate of drug-likeness (QED) is 0.0601. The zero-order chi connectivity index (χ0) is 38.6. The Morgan fingerprint density at radius 3 is 1.42 bits per heavy atom. The normalized spacial score (nSPS) is 15.8. The Bertz CT molecular complexity index is 1070. The van der Waals surface area contributed by atoms with Gasteiger partial charge in [0.25, 0.3) is 0 Å². The Kier molecular flexibility index (Phi) is 23.2. The molecule has 0 rings (SSSR count). The maximum Gasteiger partial charge on any atom is 0.326 e. The molecule has 7 atom stereocenters. The van der Waals surface area contributed by atoms with Gasteiger partial charge >= 0.3 is 11.9 Å². The molecule has 4 amide bonds. The molecule has 0 saturated carbocycles. The fourth-order valence-electron chi connectivity index (χ4n) is 5.87. The average molecular weight is 713 g/mol. The van der Waals surface area contributed by atoms with Crippen LogP contribution in [0.4, 0.5) is 0 Å². The number of carbonyl (C=O) groups excluding carboxylic acids is 4. The largest absolute Gasteiger partial charge is 0.481 e. The van der Waals surface area contributed by atoms with Crippen LogP contribution in [0, 0.1) is 29.6 Å². The van der Waals surface area contributed by atoms with Crippen molar-refractivity contribution in [2.24, 2.45) is 29.6 Å². The summed E-state index contributed by atoms with van der Waals surface area (Å²) in [4.78, 5) is 76.2. The van der Waals surface area contributed by atoms with Crippen molar-refractivity contribution < 1.29 is 44.1 Å². The molecule has 50 heavy (non-hydrogen) atoms. The summed E-state index contributed by atoms with van der Waals surface area (Å²) in [5, 5.41) is 39.8. The van der Waals surface area contributed by atoms with Crippen molar-refractivity contribution in [3.05, 3.63) is 0 Å². The molecule has 13 heteroatoms. The van der Waals surface area contributed by atoms with Crippen LogP contribution in [0.1, 0.15) is 139 Å². The van der Waals surface area contributed by atoms with Crippen molar-refractivity contribution in [1.29, 1.82) is 0 Å². The van der Waals surface area contributed by atoms with Crippen LogP contribution in [0.5, 0.6) is 0 Å². The molecular formula is C37H68N4O9. The minimum Gasteiger partial charge on any atom is -0.481 e. The highest BCUT2D eigenvalue weighted by Crippen LogP contribution is 2.20. The highest BCUT2D eigenvalue weighted by Gasteiger charge is 2.32. The first-order valence-electron chi connectivity index (χ1n) is 18.6. The van der Waals surface area contributed by atoms with E-state index in [9.17, 15) is 44.1 Å². The van der Waals surface area contributed by atoms with E-state index in [1.807, 2.05) is 41.5 Å². The minimum absolute atomic E-state index is 0.00359. The third-order valence-corrected chi connectivity index (χ3v) is 8.71. The van der Waals surface area contributed by atoms with E-state index < -0.39 is 72.3 Å². The monoisotopic (exact) mass is 712 g/mol. The van der Waals surface area contributed by atoms with E-state index in [0.717, 1.165) is 32.1 Å². The van der Waals surface area contributed by atoms with E-state index >= 15 is 0 Å². The number of aliphatic hydroxyl groups is 1. The molecule has 0 aliphatic heterocycles. The Hall–Kier alpha value is -3.22. The van der Waals surface area contributed by atoms with Crippen LogP contribution < -0.4 is 21.3 Å². The van der Waals surface area contributed by atoms with Gasteiger partial charge in [-0.1, -0.05) is 88.0 Å². The average Bonchev–Trinajstić information content (AvgIpc) is 2.99. The molecule has 0 spiro atoms. The van der Waals surface area contributed by atoms with Gasteiger partial charge in [-0.2, -0.15) is 0 Å². The second kappa shape index (κ2) is 24.8. The maximum absolute atomic E-state index is 13.6. The number of carbonyl (C=O) groups is 6. The number of nitrogens with one attached hydrogen (secondary N) is 4. The van der Waals surface area contributed by atoms with Gasteiger partial charge in [-0.15, -0.1) is 0 Å². The van der Waals surface area contributed by atoms with E-state index in [2.05, 4.69) is 42.0 Å². The SMILES string of the molecule is CCC(C)CC(C)CCCC[C@@H](O)CC(=O)N[C@@H](CCC(=O)O)C(=O)N[C@@H](CC(C)C)C(=O)N[C@@H](CC(C)C)C(=O)N[C@@H](CC(C)C)C(=O)O. The fourth-order valence-corrected chi connectivity index (χ4v) is 5.87. The van der Waals surface area contributed by atoms with Gasteiger partial charge in [0.15, 0.2) is 0 Å². The van der Waals surface area contributed by atoms with Crippen LogP contribution in [0.25, 0.3) is 0 Å². The van der Waals surface area contributed by atoms with Crippen LogP contribution in [0.2, 0.25) is 0 Å². The Balaban J connectivity index is 5.63. The number of carboxylic acids is 2. The molecule has 2 unspecified atom stereocenters. The van der Waals surface area contributed by atoms with Gasteiger partial charge in [-0.05, 0) is 68.1 Å². The third-order valence-electron chi connectivity index (χ3n) is 8.71. The molecule has 0 heterocycles. The van der Waals surface area contributed by atoms with E-state index in [1.54, 1.807) is 0 Å². The summed E-state index contributed by atoms with van der Waals surface area (Å²) in [7, 11) is 0. The van der Waals surface area contributed by atoms with Gasteiger partial charge < -0.3 is 36.6 Å². The standard InChI is InChI=1S/C37H68N4O9/c1-10-25(8)20-26(9)13-11-12-14-27(42)21-32(43)38-28(15-16-33(44)45)34(46)39-29(17-22(2)3)35(47)40-30(18-23(4)5)36(48)41-31(37(49)50)19-24(6)7/h22-31,42H,10-21H2,1-9H3,(H,38,43)(H,39,46)(H,40,47)(H,41,48)(H,44,45)(H,49,50)/t25?,26?,27-,28+,29+,30+,31+/m1/s1. The number of unbranched alkanes of at least 4 members (excludes halogenated alkanes) is 1. The predicted molar refractivity (Wildman–Crippen MR) is 193 cm³/mol. The molecule has 0 saturated heterocycles. The summed E-state index contributed by atoms with van der Waals surface area (Å²) in [5.74, 6) is -3.92. The molecule has 290 valence electrons. The molecule has 0 aromatic carbocycles. The van der Waals surface area contributed by atoms with Crippen molar-refractivity contribution in [1.82, 2.24) is 21.3 Å². The summed E-state index contributed by atoms with van der Waals surface area (Å²) in [6.07, 6.45) is 4.18. The van der Waals surface area contributed by atoms with Crippen molar-refractivity contribution in [3.8, 4) is 0 Å². The Morgan fingerprint density at radius 1 is 0.540 bits per heavy atom. The highest BCUT2D eigenvalue weighted by molar-refractivity contribution is 5.95. The molecular weight excluding hydrogens is 644 g/mol. The summed E-state index contributed by atoms with van der Waals surface area (Å²) >= 11 is 0. The van der Waals surface area contributed by atoms with Crippen LogP contribution in [0.15, 0.2) is 0 Å². The number of carboxylic acid groups (broad SMARTS) is 2. The number of aliphatic carboxylic acids is 2. The number of hydrogen-bond acceptors (Lipinski definition) is 7. The first kappa shape index (κ1) is 46.8. The molecule has 0 fully saturated rings. The first-order valence-corrected chi connectivity index (χ1v) is 18.6. The van der Waals surface area contributed by atoms with Gasteiger partial charge in [0.2, 0.25) is 23.6 Å². The number of hydrogen-bond donors (Lipinski definition) is 7. The van der Waals surface area contributed by atoms with Gasteiger partial charge in [0.1, 0.15) is 24.2 Å². The zero-order valence-electron chi connectivity index (χ0n) is 32.0. The zero-order valence-corrected chi connectivity index (χ0v) is 32.0. The van der Waals surface area contributed by atoms with Gasteiger partial charge in [-0.3, -0.25) is 24.0 Å². The first-order chi connectivity index (χ1) is 23.2. The lowest BCUT2D eigenvalue weighted by molar-refractivity contribution is -0.143. The van der Waals surface area contributed by atoms with Crippen molar-refractivity contribution in [2.45, 2.75) is 170 Å². The van der Waals surface area contributed by atoms with E-state index in [0.29, 0.717) is 18.3 Å². The molecule has 0 radical (unpaired) electrons. The van der Waals surface area contributed by atoms with E-state index in [-0.39, 0.29) is 49.9 Å². The topological polar surface area (TPSA) is 211 Å². The van der Waals surface area contributed by atoms with Crippen LogP contribution >= 0.6 is 0 Å². The third kappa shape index (κ3) is 21.8. The Morgan fingerprint density at radius 2 is 0.980 bits per heavy atom. The van der Waals surface area contributed by atoms with Crippen molar-refractivity contribution >= 4 is 35.6 Å². The second-order valence-corrected chi connectivity index (χ2v) is 15.5. The fraction of sp³-hybridized carbons (Fsp3) is 0.838. The summed E-state index contributed by atoms with van der Waals surface area (Å²) in [6.45, 7) is 17.7. The number of aliphatic hydroxyl groups excluding tert-OH is 1. The smallest absolute Gasteiger partial charge is 0.326 e. The summed E-state index contributed by atoms with van der Waals surface area (Å²) in [6, 6.07) is -4.62. The van der Waals surface area contributed by atoms with Crippen LogP contribution in [0.3, 0.4) is 0 Å².